The Morgan fingerprint density at radius 3 is 2.73 bits per heavy atom. The molecule has 3 aromatic heterocycles. The molecule has 6 nitrogen and oxygen atoms in total. The maximum atomic E-state index is 6.25. The first-order chi connectivity index (χ1) is 10.5. The summed E-state index contributed by atoms with van der Waals surface area (Å²) in [5.41, 5.74) is 2.21. The van der Waals surface area contributed by atoms with E-state index in [1.54, 1.807) is 10.9 Å². The zero-order valence-corrected chi connectivity index (χ0v) is 15.1. The number of hydrogen-bond acceptors (Lipinski definition) is 4. The van der Waals surface area contributed by atoms with Crippen LogP contribution in [0.2, 0.25) is 5.28 Å². The first-order valence-corrected chi connectivity index (χ1v) is 8.19. The molecular weight excluding hydrogens is 435 g/mol. The fraction of sp³-hybridized carbons (Fsp3) is 0.0769. The second kappa shape index (κ2) is 5.00. The predicted molar refractivity (Wildman–Crippen MR) is 90.9 cm³/mol. The zero-order chi connectivity index (χ0) is 15.4. The Kier molecular flexibility index (Phi) is 3.21. The molecule has 0 aliphatic heterocycles. The van der Waals surface area contributed by atoms with Gasteiger partial charge in [0, 0.05) is 27.6 Å². The standard InChI is InChI=1S/C13H7Br2ClN6/c1-21-5-6(4-17-21)11-19-12-8-2-7(14)3-9(15)10(8)18-13(16)22(12)20-11/h2-5H,1H3. The van der Waals surface area contributed by atoms with Crippen molar-refractivity contribution in [2.75, 3.05) is 0 Å². The van der Waals surface area contributed by atoms with Crippen molar-refractivity contribution in [3.8, 4) is 11.4 Å². The summed E-state index contributed by atoms with van der Waals surface area (Å²) in [5, 5.41) is 9.68. The van der Waals surface area contributed by atoms with Crippen LogP contribution >= 0.6 is 43.5 Å². The number of hydrogen-bond donors (Lipinski definition) is 0. The van der Waals surface area contributed by atoms with Crippen LogP contribution in [0, 0.1) is 0 Å². The maximum absolute atomic E-state index is 6.25. The van der Waals surface area contributed by atoms with Crippen molar-refractivity contribution >= 4 is 60.0 Å². The quantitative estimate of drug-likeness (QED) is 0.420. The van der Waals surface area contributed by atoms with Crippen LogP contribution in [0.4, 0.5) is 0 Å². The summed E-state index contributed by atoms with van der Waals surface area (Å²) < 4.78 is 4.99. The van der Waals surface area contributed by atoms with Crippen LogP contribution in [0.1, 0.15) is 0 Å². The molecule has 0 saturated heterocycles. The Balaban J connectivity index is 2.10. The maximum Gasteiger partial charge on any atom is 0.226 e. The van der Waals surface area contributed by atoms with Crippen LogP contribution in [0.3, 0.4) is 0 Å². The van der Waals surface area contributed by atoms with E-state index in [9.17, 15) is 0 Å². The molecule has 0 amide bonds. The average Bonchev–Trinajstić information content (AvgIpc) is 3.07. The van der Waals surface area contributed by atoms with Crippen molar-refractivity contribution in [3.63, 3.8) is 0 Å². The molecule has 0 fully saturated rings. The third-order valence-electron chi connectivity index (χ3n) is 3.22. The van der Waals surface area contributed by atoms with Crippen LogP contribution < -0.4 is 0 Å². The van der Waals surface area contributed by atoms with Crippen molar-refractivity contribution in [2.45, 2.75) is 0 Å². The van der Waals surface area contributed by atoms with E-state index in [0.29, 0.717) is 11.5 Å². The second-order valence-corrected chi connectivity index (χ2v) is 6.85. The summed E-state index contributed by atoms with van der Waals surface area (Å²) in [6.07, 6.45) is 3.56. The number of rotatable bonds is 1. The molecule has 4 rings (SSSR count). The molecule has 1 aromatic carbocycles. The van der Waals surface area contributed by atoms with Gasteiger partial charge in [0.1, 0.15) is 0 Å². The molecule has 0 spiro atoms. The lowest BCUT2D eigenvalue weighted by atomic mass is 10.2. The van der Waals surface area contributed by atoms with E-state index in [0.717, 1.165) is 25.4 Å². The summed E-state index contributed by atoms with van der Waals surface area (Å²) in [6.45, 7) is 0. The molecule has 0 saturated carbocycles. The molecule has 0 unspecified atom stereocenters. The van der Waals surface area contributed by atoms with E-state index in [1.165, 1.54) is 4.52 Å². The molecule has 9 heteroatoms. The van der Waals surface area contributed by atoms with Gasteiger partial charge in [-0.2, -0.15) is 9.61 Å². The molecule has 0 radical (unpaired) electrons. The van der Waals surface area contributed by atoms with E-state index < -0.39 is 0 Å². The van der Waals surface area contributed by atoms with Crippen molar-refractivity contribution in [3.05, 3.63) is 38.8 Å². The van der Waals surface area contributed by atoms with Crippen molar-refractivity contribution in [2.24, 2.45) is 7.05 Å². The molecule has 0 aliphatic rings. The fourth-order valence-electron chi connectivity index (χ4n) is 2.26. The smallest absolute Gasteiger partial charge is 0.226 e. The van der Waals surface area contributed by atoms with Crippen molar-refractivity contribution < 1.29 is 0 Å². The lowest BCUT2D eigenvalue weighted by Gasteiger charge is -2.03. The number of aryl methyl sites for hydroxylation is 1. The first kappa shape index (κ1) is 14.1. The van der Waals surface area contributed by atoms with Crippen LogP contribution in [-0.2, 0) is 7.05 Å². The monoisotopic (exact) mass is 440 g/mol. The van der Waals surface area contributed by atoms with Gasteiger partial charge in [0.2, 0.25) is 5.28 Å². The topological polar surface area (TPSA) is 60.9 Å². The van der Waals surface area contributed by atoms with Gasteiger partial charge < -0.3 is 0 Å². The summed E-state index contributed by atoms with van der Waals surface area (Å²) in [7, 11) is 1.84. The Morgan fingerprint density at radius 1 is 1.18 bits per heavy atom. The first-order valence-electron chi connectivity index (χ1n) is 6.23. The molecule has 110 valence electrons. The highest BCUT2D eigenvalue weighted by Crippen LogP contribution is 2.31. The summed E-state index contributed by atoms with van der Waals surface area (Å²) in [4.78, 5) is 8.99. The van der Waals surface area contributed by atoms with Gasteiger partial charge in [0.05, 0.1) is 17.3 Å². The van der Waals surface area contributed by atoms with Crippen molar-refractivity contribution in [1.82, 2.24) is 29.4 Å². The third kappa shape index (κ3) is 2.13. The highest BCUT2D eigenvalue weighted by atomic mass is 79.9. The molecule has 0 aliphatic carbocycles. The minimum Gasteiger partial charge on any atom is -0.275 e. The Labute approximate surface area is 146 Å². The minimum atomic E-state index is 0.258. The van der Waals surface area contributed by atoms with Gasteiger partial charge in [-0.25, -0.2) is 9.97 Å². The van der Waals surface area contributed by atoms with Gasteiger partial charge >= 0.3 is 0 Å². The SMILES string of the molecule is Cn1cc(-c2nc3c4cc(Br)cc(Br)c4nc(Cl)n3n2)cn1. The van der Waals surface area contributed by atoms with Gasteiger partial charge in [0.25, 0.3) is 0 Å². The van der Waals surface area contributed by atoms with Crippen LogP contribution in [0.15, 0.2) is 33.5 Å². The molecule has 0 N–H and O–H groups in total. The molecular formula is C13H7Br2ClN6. The van der Waals surface area contributed by atoms with E-state index in [1.807, 2.05) is 25.4 Å². The number of benzene rings is 1. The lowest BCUT2D eigenvalue weighted by molar-refractivity contribution is 0.768. The van der Waals surface area contributed by atoms with Gasteiger partial charge in [-0.3, -0.25) is 4.68 Å². The molecule has 3 heterocycles. The number of aromatic nitrogens is 6. The predicted octanol–water partition coefficient (Wildman–Crippen LogP) is 3.86. The van der Waals surface area contributed by atoms with Crippen molar-refractivity contribution in [1.29, 1.82) is 0 Å². The number of fused-ring (bicyclic) bond motifs is 3. The second-order valence-electron chi connectivity index (χ2n) is 4.74. The van der Waals surface area contributed by atoms with Gasteiger partial charge in [-0.1, -0.05) is 15.9 Å². The Bertz CT molecular complexity index is 1040. The van der Waals surface area contributed by atoms with E-state index in [-0.39, 0.29) is 5.28 Å². The van der Waals surface area contributed by atoms with Crippen LogP contribution in [-0.4, -0.2) is 29.4 Å². The van der Waals surface area contributed by atoms with Gasteiger partial charge in [0.15, 0.2) is 11.5 Å². The zero-order valence-electron chi connectivity index (χ0n) is 11.1. The summed E-state index contributed by atoms with van der Waals surface area (Å²) in [6, 6.07) is 3.86. The van der Waals surface area contributed by atoms with Gasteiger partial charge in [-0.05, 0) is 39.7 Å². The van der Waals surface area contributed by atoms with Crippen LogP contribution in [0.25, 0.3) is 27.9 Å². The molecule has 22 heavy (non-hydrogen) atoms. The number of halogens is 3. The van der Waals surface area contributed by atoms with Gasteiger partial charge in [-0.15, -0.1) is 5.10 Å². The largest absolute Gasteiger partial charge is 0.275 e. The Hall–Kier alpha value is -1.51. The lowest BCUT2D eigenvalue weighted by Crippen LogP contribution is -1.95. The summed E-state index contributed by atoms with van der Waals surface area (Å²) >= 11 is 13.2. The minimum absolute atomic E-state index is 0.258. The molecule has 4 aromatic rings. The molecule has 0 bridgehead atoms. The van der Waals surface area contributed by atoms with E-state index >= 15 is 0 Å². The number of nitrogens with zero attached hydrogens (tertiary/aromatic N) is 6. The Morgan fingerprint density at radius 2 is 2.00 bits per heavy atom. The average molecular weight is 443 g/mol. The van der Waals surface area contributed by atoms with E-state index in [2.05, 4.69) is 52.0 Å². The highest BCUT2D eigenvalue weighted by molar-refractivity contribution is 9.11. The van der Waals surface area contributed by atoms with E-state index in [4.69, 9.17) is 11.6 Å². The fourth-order valence-corrected chi connectivity index (χ4v) is 3.78. The summed E-state index contributed by atoms with van der Waals surface area (Å²) in [5.74, 6) is 0.556. The van der Waals surface area contributed by atoms with Crippen LogP contribution in [0.5, 0.6) is 0 Å². The normalized spacial score (nSPS) is 11.6. The highest BCUT2D eigenvalue weighted by Gasteiger charge is 2.16. The third-order valence-corrected chi connectivity index (χ3v) is 4.53. The molecule has 0 atom stereocenters.